The van der Waals surface area contributed by atoms with Crippen LogP contribution in [-0.4, -0.2) is 122 Å². The molecule has 4 heterocycles. The van der Waals surface area contributed by atoms with E-state index in [-0.39, 0.29) is 79.5 Å². The number of anilines is 3. The number of piperazine rings is 1. The third kappa shape index (κ3) is 22.5. The SMILES string of the molecule is COc1ncc(Oc2c(Cl)cc(N)cc2Cl)cc1C(C)C.COc1ncc(Oc2c(Cl)cc(NC(=O)CCl)cc2Cl)cc1C(C)C.COc1ncc(Oc2c(Cl)cc(NC(=O)CN3CCN(S(C)(=O)=O)CC3)cc2Cl)cc1C(C)C.O=C(Cl)CCl. The molecular formula is C56H63Cl9N8O11S. The number of nitrogens with zero attached hydrogens (tertiary/aromatic N) is 5. The Hall–Kier alpha value is -5.20. The number of alkyl halides is 2. The molecule has 0 aliphatic carbocycles. The summed E-state index contributed by atoms with van der Waals surface area (Å²) < 4.78 is 57.9. The molecule has 462 valence electrons. The van der Waals surface area contributed by atoms with E-state index in [4.69, 9.17) is 139 Å². The number of hydrogen-bond acceptors (Lipinski definition) is 16. The number of pyridine rings is 3. The predicted octanol–water partition coefficient (Wildman–Crippen LogP) is 15.2. The quantitative estimate of drug-likeness (QED) is 0.0388. The summed E-state index contributed by atoms with van der Waals surface area (Å²) in [5.74, 6) is 3.73. The molecule has 0 radical (unpaired) electrons. The number of hydrogen-bond donors (Lipinski definition) is 3. The van der Waals surface area contributed by atoms with Crippen LogP contribution in [0.4, 0.5) is 17.1 Å². The molecule has 0 atom stereocenters. The zero-order chi connectivity index (χ0) is 63.5. The molecular weight excluding hydrogens is 1310 g/mol. The minimum absolute atomic E-state index is 0.0957. The van der Waals surface area contributed by atoms with Crippen LogP contribution in [0.15, 0.2) is 73.2 Å². The van der Waals surface area contributed by atoms with Gasteiger partial charge in [0.15, 0.2) is 17.2 Å². The van der Waals surface area contributed by atoms with Crippen molar-refractivity contribution in [2.24, 2.45) is 0 Å². The van der Waals surface area contributed by atoms with Gasteiger partial charge in [0.1, 0.15) is 23.1 Å². The van der Waals surface area contributed by atoms with Crippen LogP contribution >= 0.6 is 104 Å². The van der Waals surface area contributed by atoms with Crippen LogP contribution in [0.25, 0.3) is 0 Å². The van der Waals surface area contributed by atoms with Gasteiger partial charge in [-0.1, -0.05) is 111 Å². The zero-order valence-corrected chi connectivity index (χ0v) is 55.3. The second-order valence-electron chi connectivity index (χ2n) is 19.1. The van der Waals surface area contributed by atoms with Crippen molar-refractivity contribution < 1.29 is 51.2 Å². The van der Waals surface area contributed by atoms with E-state index in [1.165, 1.54) is 35.1 Å². The van der Waals surface area contributed by atoms with Crippen molar-refractivity contribution >= 4 is 149 Å². The van der Waals surface area contributed by atoms with Crippen LogP contribution in [0.5, 0.6) is 52.1 Å². The Balaban J connectivity index is 0.000000270. The molecule has 1 saturated heterocycles. The fourth-order valence-corrected chi connectivity index (χ4v) is 10.2. The molecule has 19 nitrogen and oxygen atoms in total. The summed E-state index contributed by atoms with van der Waals surface area (Å²) in [7, 11) is 1.49. The summed E-state index contributed by atoms with van der Waals surface area (Å²) in [6.07, 6.45) is 5.80. The number of rotatable bonds is 19. The normalized spacial score (nSPS) is 12.4. The van der Waals surface area contributed by atoms with Crippen molar-refractivity contribution in [1.29, 1.82) is 0 Å². The van der Waals surface area contributed by atoms with E-state index in [0.717, 1.165) is 16.7 Å². The van der Waals surface area contributed by atoms with E-state index in [1.807, 2.05) is 64.6 Å². The minimum Gasteiger partial charge on any atom is -0.481 e. The number of halogens is 9. The Bertz CT molecular complexity index is 3330. The lowest BCUT2D eigenvalue weighted by Gasteiger charge is -2.32. The molecule has 0 saturated carbocycles. The van der Waals surface area contributed by atoms with Crippen molar-refractivity contribution in [3.05, 3.63) is 120 Å². The minimum atomic E-state index is -3.22. The lowest BCUT2D eigenvalue weighted by Crippen LogP contribution is -2.50. The highest BCUT2D eigenvalue weighted by Gasteiger charge is 2.25. The number of nitrogens with two attached hydrogens (primary N) is 1. The fourth-order valence-electron chi connectivity index (χ4n) is 7.57. The molecule has 1 aliphatic rings. The van der Waals surface area contributed by atoms with Gasteiger partial charge in [0.05, 0.1) is 88.7 Å². The molecule has 1 fully saturated rings. The van der Waals surface area contributed by atoms with Gasteiger partial charge < -0.3 is 44.8 Å². The van der Waals surface area contributed by atoms with Crippen molar-refractivity contribution in [2.45, 2.75) is 59.3 Å². The molecule has 0 unspecified atom stereocenters. The summed E-state index contributed by atoms with van der Waals surface area (Å²) in [6.45, 7) is 14.0. The Morgan fingerprint density at radius 3 is 1.12 bits per heavy atom. The van der Waals surface area contributed by atoms with Crippen molar-refractivity contribution in [1.82, 2.24) is 24.2 Å². The number of carbonyl (C=O) groups is 3. The molecule has 6 aromatic rings. The molecule has 3 aromatic heterocycles. The number of benzene rings is 3. The van der Waals surface area contributed by atoms with E-state index in [0.29, 0.717) is 93.9 Å². The highest BCUT2D eigenvalue weighted by molar-refractivity contribution is 7.88. The molecule has 29 heteroatoms. The number of methoxy groups -OCH3 is 3. The molecule has 3 aromatic carbocycles. The molecule has 2 amide bonds. The number of sulfonamides is 1. The van der Waals surface area contributed by atoms with Crippen LogP contribution < -0.4 is 44.8 Å². The van der Waals surface area contributed by atoms with Crippen molar-refractivity contribution in [3.63, 3.8) is 0 Å². The van der Waals surface area contributed by atoms with E-state index < -0.39 is 15.3 Å². The third-order valence-electron chi connectivity index (χ3n) is 11.6. The first-order chi connectivity index (χ1) is 40.0. The number of nitrogen functional groups attached to an aromatic ring is 1. The first-order valence-electron chi connectivity index (χ1n) is 25.5. The van der Waals surface area contributed by atoms with Gasteiger partial charge in [0.25, 0.3) is 0 Å². The Kier molecular flexibility index (Phi) is 29.2. The van der Waals surface area contributed by atoms with E-state index in [1.54, 1.807) is 51.8 Å². The van der Waals surface area contributed by atoms with Gasteiger partial charge in [-0.25, -0.2) is 23.4 Å². The number of carbonyl (C=O) groups excluding carboxylic acids is 3. The summed E-state index contributed by atoms with van der Waals surface area (Å²) in [5, 5.41) is 6.50. The molecule has 85 heavy (non-hydrogen) atoms. The summed E-state index contributed by atoms with van der Waals surface area (Å²) in [5.41, 5.74) is 9.74. The second kappa shape index (κ2) is 34.4. The molecule has 0 spiro atoms. The van der Waals surface area contributed by atoms with Crippen LogP contribution in [0, 0.1) is 0 Å². The maximum absolute atomic E-state index is 12.5. The van der Waals surface area contributed by atoms with Crippen molar-refractivity contribution in [2.75, 3.05) is 88.4 Å². The smallest absolute Gasteiger partial charge is 0.239 e. The number of amides is 2. The standard InChI is InChI=1S/C22H28Cl2N4O5S.C17H17Cl3N2O3.C15H16Cl2N2O2.C2H2Cl2O/c1-14(2)17-11-16(12-25-22(17)32-3)33-21-18(23)9-15(10-19(21)24)26-20(29)13-27-5-7-28(8-6-27)34(4,30)31;1-9(2)12-6-11(8-21-17(12)24-3)25-16-13(19)4-10(5-14(16)20)22-15(23)7-18;1-8(2)11-6-10(7-19-15(11)20-3)21-14-12(16)4-9(18)5-13(14)17;3-1-2(4)5/h9-12,14H,5-8,13H2,1-4H3,(H,26,29);4-6,8-9H,7H2,1-3H3,(H,22,23);4-8H,18H2,1-3H3;1H2. The van der Waals surface area contributed by atoms with Gasteiger partial charge in [-0.15, -0.1) is 23.2 Å². The maximum Gasteiger partial charge on any atom is 0.239 e. The average Bonchev–Trinajstić information content (AvgIpc) is 3.59. The fraction of sp³-hybridized carbons (Fsp3) is 0.357. The third-order valence-corrected chi connectivity index (χ3v) is 15.4. The maximum atomic E-state index is 12.5. The van der Waals surface area contributed by atoms with Crippen LogP contribution in [-0.2, 0) is 24.4 Å². The highest BCUT2D eigenvalue weighted by Crippen LogP contribution is 2.43. The lowest BCUT2D eigenvalue weighted by atomic mass is 10.1. The molecule has 4 N–H and O–H groups in total. The second-order valence-corrected chi connectivity index (χ2v) is 24.5. The van der Waals surface area contributed by atoms with E-state index >= 15 is 0 Å². The van der Waals surface area contributed by atoms with Gasteiger partial charge in [-0.05, 0) is 84.0 Å². The first kappa shape index (κ1) is 72.3. The average molecular weight is 1380 g/mol. The van der Waals surface area contributed by atoms with Crippen LogP contribution in [0.2, 0.25) is 30.1 Å². The molecule has 7 rings (SSSR count). The summed E-state index contributed by atoms with van der Waals surface area (Å²) in [6, 6.07) is 14.9. The van der Waals surface area contributed by atoms with Gasteiger partial charge in [-0.3, -0.25) is 19.3 Å². The molecule has 0 bridgehead atoms. The Morgan fingerprint density at radius 1 is 0.541 bits per heavy atom. The predicted molar refractivity (Wildman–Crippen MR) is 341 cm³/mol. The van der Waals surface area contributed by atoms with Crippen molar-refractivity contribution in [3.8, 4) is 52.1 Å². The summed E-state index contributed by atoms with van der Waals surface area (Å²) in [4.78, 5) is 47.9. The highest BCUT2D eigenvalue weighted by atomic mass is 35.5. The van der Waals surface area contributed by atoms with Crippen LogP contribution in [0.1, 0.15) is 76.0 Å². The van der Waals surface area contributed by atoms with Crippen LogP contribution in [0.3, 0.4) is 0 Å². The summed E-state index contributed by atoms with van der Waals surface area (Å²) >= 11 is 52.5. The first-order valence-corrected chi connectivity index (χ1v) is 31.0. The molecule has 1 aliphatic heterocycles. The monoisotopic (exact) mass is 1370 g/mol. The number of aromatic nitrogens is 3. The Labute approximate surface area is 539 Å². The number of nitrogens with one attached hydrogen (secondary N) is 2. The van der Waals surface area contributed by atoms with Gasteiger partial charge in [0.2, 0.25) is 44.7 Å². The number of ether oxygens (including phenoxy) is 6. The van der Waals surface area contributed by atoms with E-state index in [2.05, 4.69) is 25.6 Å². The van der Waals surface area contributed by atoms with Gasteiger partial charge in [-0.2, -0.15) is 4.31 Å². The van der Waals surface area contributed by atoms with Gasteiger partial charge >= 0.3 is 0 Å². The lowest BCUT2D eigenvalue weighted by molar-refractivity contribution is -0.117. The topological polar surface area (TPSA) is 236 Å². The Morgan fingerprint density at radius 2 is 0.847 bits per heavy atom. The van der Waals surface area contributed by atoms with Gasteiger partial charge in [0, 0.05) is 59.9 Å². The zero-order valence-electron chi connectivity index (χ0n) is 47.7. The largest absolute Gasteiger partial charge is 0.481 e. The van der Waals surface area contributed by atoms with E-state index in [9.17, 15) is 22.8 Å².